The molecule has 0 bridgehead atoms. The lowest BCUT2D eigenvalue weighted by Gasteiger charge is -2.03. The van der Waals surface area contributed by atoms with Gasteiger partial charge in [0.15, 0.2) is 0 Å². The first-order valence-electron chi connectivity index (χ1n) is 2.69. The Hall–Kier alpha value is -1.53. The summed E-state index contributed by atoms with van der Waals surface area (Å²) >= 11 is 0. The molecule has 0 aliphatic carbocycles. The molecule has 0 unspecified atom stereocenters. The second-order valence-corrected chi connectivity index (χ2v) is 1.72. The Morgan fingerprint density at radius 2 is 1.91 bits per heavy atom. The standard InChI is InChI=1S/C5H5N3O3/c9-5(8(10)11)4-1-6-3-7-2-4/h1-3,10-11H. The predicted octanol–water partition coefficient (Wildman–Crippen LogP) is -0.303. The fourth-order valence-electron chi connectivity index (χ4n) is 0.525. The molecule has 0 radical (unpaired) electrons. The van der Waals surface area contributed by atoms with Gasteiger partial charge < -0.3 is 0 Å². The third-order valence-electron chi connectivity index (χ3n) is 0.989. The van der Waals surface area contributed by atoms with Crippen LogP contribution in [0, 0.1) is 0 Å². The van der Waals surface area contributed by atoms with Crippen LogP contribution in [0.1, 0.15) is 10.4 Å². The molecule has 2 N–H and O–H groups in total. The first-order chi connectivity index (χ1) is 5.22. The van der Waals surface area contributed by atoms with Crippen LogP contribution in [0.25, 0.3) is 0 Å². The third kappa shape index (κ3) is 1.69. The van der Waals surface area contributed by atoms with E-state index in [0.29, 0.717) is 0 Å². The van der Waals surface area contributed by atoms with Crippen molar-refractivity contribution in [2.24, 2.45) is 0 Å². The van der Waals surface area contributed by atoms with E-state index in [4.69, 9.17) is 10.4 Å². The maximum absolute atomic E-state index is 10.7. The van der Waals surface area contributed by atoms with Gasteiger partial charge in [0.25, 0.3) is 0 Å². The number of amides is 1. The van der Waals surface area contributed by atoms with Crippen LogP contribution in [0.15, 0.2) is 18.7 Å². The molecule has 0 aliphatic heterocycles. The summed E-state index contributed by atoms with van der Waals surface area (Å²) in [6, 6.07) is 0. The normalized spacial score (nSPS) is 9.27. The van der Waals surface area contributed by atoms with Crippen molar-refractivity contribution in [1.82, 2.24) is 15.2 Å². The first-order valence-corrected chi connectivity index (χ1v) is 2.69. The van der Waals surface area contributed by atoms with Crippen molar-refractivity contribution in [1.29, 1.82) is 0 Å². The highest BCUT2D eigenvalue weighted by Crippen LogP contribution is 1.95. The second kappa shape index (κ2) is 3.04. The van der Waals surface area contributed by atoms with Crippen LogP contribution in [-0.2, 0) is 0 Å². The lowest BCUT2D eigenvalue weighted by Crippen LogP contribution is -2.23. The molecule has 1 amide bonds. The highest BCUT2D eigenvalue weighted by Gasteiger charge is 2.10. The van der Waals surface area contributed by atoms with E-state index in [2.05, 4.69) is 9.97 Å². The summed E-state index contributed by atoms with van der Waals surface area (Å²) in [5.41, 5.74) is 0.0116. The Morgan fingerprint density at radius 3 is 2.36 bits per heavy atom. The van der Waals surface area contributed by atoms with Crippen molar-refractivity contribution in [3.63, 3.8) is 0 Å². The van der Waals surface area contributed by atoms with E-state index in [1.807, 2.05) is 0 Å². The molecule has 0 saturated carbocycles. The number of hydrogen-bond acceptors (Lipinski definition) is 5. The molecule has 6 heteroatoms. The lowest BCUT2D eigenvalue weighted by molar-refractivity contribution is -0.260. The molecule has 0 saturated heterocycles. The number of hydrogen-bond donors (Lipinski definition) is 2. The van der Waals surface area contributed by atoms with Gasteiger partial charge in [-0.05, 0) is 0 Å². The van der Waals surface area contributed by atoms with Crippen LogP contribution in [0.4, 0.5) is 0 Å². The molecule has 0 aliphatic rings. The summed E-state index contributed by atoms with van der Waals surface area (Å²) < 4.78 is 0. The molecule has 1 rings (SSSR count). The van der Waals surface area contributed by atoms with Crippen LogP contribution in [0.2, 0.25) is 0 Å². The van der Waals surface area contributed by atoms with Gasteiger partial charge in [-0.3, -0.25) is 15.2 Å². The van der Waals surface area contributed by atoms with E-state index in [-0.39, 0.29) is 5.56 Å². The Balaban J connectivity index is 2.86. The van der Waals surface area contributed by atoms with E-state index in [0.717, 1.165) is 0 Å². The third-order valence-corrected chi connectivity index (χ3v) is 0.989. The summed E-state index contributed by atoms with van der Waals surface area (Å²) in [6.45, 7) is 0. The number of carbonyl (C=O) groups is 1. The van der Waals surface area contributed by atoms with Crippen LogP contribution in [0.5, 0.6) is 0 Å². The maximum atomic E-state index is 10.7. The number of carbonyl (C=O) groups excluding carboxylic acids is 1. The van der Waals surface area contributed by atoms with E-state index < -0.39 is 11.1 Å². The molecular weight excluding hydrogens is 150 g/mol. The Labute approximate surface area is 61.7 Å². The summed E-state index contributed by atoms with van der Waals surface area (Å²) in [5.74, 6) is -0.967. The van der Waals surface area contributed by atoms with Gasteiger partial charge in [-0.2, -0.15) is 0 Å². The fourth-order valence-corrected chi connectivity index (χ4v) is 0.525. The minimum Gasteiger partial charge on any atom is -0.264 e. The molecule has 11 heavy (non-hydrogen) atoms. The van der Waals surface area contributed by atoms with Crippen molar-refractivity contribution in [2.45, 2.75) is 0 Å². The van der Waals surface area contributed by atoms with E-state index >= 15 is 0 Å². The van der Waals surface area contributed by atoms with E-state index in [9.17, 15) is 4.79 Å². The predicted molar refractivity (Wildman–Crippen MR) is 31.8 cm³/mol. The summed E-state index contributed by atoms with van der Waals surface area (Å²) in [5, 5.41) is 16.0. The van der Waals surface area contributed by atoms with Crippen LogP contribution in [-0.4, -0.2) is 31.5 Å². The highest BCUT2D eigenvalue weighted by atomic mass is 16.8. The van der Waals surface area contributed by atoms with E-state index in [1.54, 1.807) is 0 Å². The second-order valence-electron chi connectivity index (χ2n) is 1.72. The van der Waals surface area contributed by atoms with Gasteiger partial charge in [-0.1, -0.05) is 5.23 Å². The van der Waals surface area contributed by atoms with Crippen LogP contribution >= 0.6 is 0 Å². The molecule has 0 aromatic carbocycles. The lowest BCUT2D eigenvalue weighted by atomic mass is 10.3. The molecule has 0 atom stereocenters. The number of hydroxylamine groups is 2. The molecule has 1 aromatic rings. The van der Waals surface area contributed by atoms with Gasteiger partial charge in [-0.15, -0.1) is 0 Å². The first kappa shape index (κ1) is 7.58. The topological polar surface area (TPSA) is 86.6 Å². The largest absolute Gasteiger partial charge is 0.306 e. The Kier molecular flexibility index (Phi) is 2.09. The summed E-state index contributed by atoms with van der Waals surface area (Å²) in [4.78, 5) is 17.7. The minimum atomic E-state index is -0.967. The van der Waals surface area contributed by atoms with Crippen molar-refractivity contribution in [2.75, 3.05) is 0 Å². The van der Waals surface area contributed by atoms with Crippen molar-refractivity contribution >= 4 is 5.91 Å². The molecule has 0 fully saturated rings. The van der Waals surface area contributed by atoms with Gasteiger partial charge in [0, 0.05) is 12.4 Å². The smallest absolute Gasteiger partial charge is 0.264 e. The number of aromatic nitrogens is 2. The quantitative estimate of drug-likeness (QED) is 0.429. The Bertz CT molecular complexity index is 248. The zero-order valence-electron chi connectivity index (χ0n) is 5.38. The average molecular weight is 155 g/mol. The van der Waals surface area contributed by atoms with Gasteiger partial charge in [-0.25, -0.2) is 9.97 Å². The SMILES string of the molecule is O=C(c1cncnc1)N(O)O. The van der Waals surface area contributed by atoms with Crippen molar-refractivity contribution in [3.05, 3.63) is 24.3 Å². The fraction of sp³-hybridized carbons (Fsp3) is 0. The van der Waals surface area contributed by atoms with E-state index in [1.165, 1.54) is 18.7 Å². The van der Waals surface area contributed by atoms with Crippen molar-refractivity contribution in [3.8, 4) is 0 Å². The monoisotopic (exact) mass is 155 g/mol. The number of nitrogens with zero attached hydrogens (tertiary/aromatic N) is 3. The molecule has 1 aromatic heterocycles. The summed E-state index contributed by atoms with van der Waals surface area (Å²) in [6.07, 6.45) is 3.58. The summed E-state index contributed by atoms with van der Waals surface area (Å²) in [7, 11) is 0. The zero-order valence-corrected chi connectivity index (χ0v) is 5.38. The maximum Gasteiger partial charge on any atom is 0.306 e. The number of rotatable bonds is 1. The molecule has 1 heterocycles. The Morgan fingerprint density at radius 1 is 1.36 bits per heavy atom. The molecule has 58 valence electrons. The molecule has 0 spiro atoms. The van der Waals surface area contributed by atoms with Crippen molar-refractivity contribution < 1.29 is 15.2 Å². The molecular formula is C5H5N3O3. The van der Waals surface area contributed by atoms with Gasteiger partial charge in [0.05, 0.1) is 5.56 Å². The minimum absolute atomic E-state index is 0.0116. The highest BCUT2D eigenvalue weighted by molar-refractivity contribution is 5.91. The average Bonchev–Trinajstić information content (AvgIpc) is 2.05. The molecule has 6 nitrogen and oxygen atoms in total. The van der Waals surface area contributed by atoms with Crippen LogP contribution < -0.4 is 0 Å². The van der Waals surface area contributed by atoms with Gasteiger partial charge in [0.1, 0.15) is 6.33 Å². The zero-order chi connectivity index (χ0) is 8.27. The van der Waals surface area contributed by atoms with Gasteiger partial charge >= 0.3 is 5.91 Å². The van der Waals surface area contributed by atoms with Gasteiger partial charge in [0.2, 0.25) is 0 Å². The van der Waals surface area contributed by atoms with Crippen LogP contribution in [0.3, 0.4) is 0 Å².